The Morgan fingerprint density at radius 1 is 1.24 bits per heavy atom. The molecule has 2 bridgehead atoms. The van der Waals surface area contributed by atoms with Crippen LogP contribution >= 0.6 is 0 Å². The number of alkyl halides is 3. The highest BCUT2D eigenvalue weighted by atomic mass is 19.4. The Balaban J connectivity index is 1.44. The van der Waals surface area contributed by atoms with E-state index in [1.54, 1.807) is 11.0 Å². The molecule has 7 nitrogen and oxygen atoms in total. The van der Waals surface area contributed by atoms with Crippen molar-refractivity contribution >= 4 is 18.0 Å². The first-order chi connectivity index (χ1) is 21.3. The molecule has 2 aromatic carbocycles. The number of piperidine rings is 1. The lowest BCUT2D eigenvalue weighted by Crippen LogP contribution is -2.79. The van der Waals surface area contributed by atoms with E-state index < -0.39 is 40.9 Å². The summed E-state index contributed by atoms with van der Waals surface area (Å²) in [5.74, 6) is -0.273. The minimum absolute atomic E-state index is 0.00569. The number of nitrogens with zero attached hydrogens (tertiary/aromatic N) is 2. The van der Waals surface area contributed by atoms with Gasteiger partial charge in [0.1, 0.15) is 11.7 Å². The molecule has 240 valence electrons. The van der Waals surface area contributed by atoms with Crippen LogP contribution in [0.25, 0.3) is 6.08 Å². The molecule has 45 heavy (non-hydrogen) atoms. The van der Waals surface area contributed by atoms with Crippen molar-refractivity contribution in [3.05, 3.63) is 77.4 Å². The molecular formula is C35H39F3N2O5. The summed E-state index contributed by atoms with van der Waals surface area (Å²) in [4.78, 5) is 30.9. The highest BCUT2D eigenvalue weighted by molar-refractivity contribution is 5.92. The molecule has 1 N–H and O–H groups in total. The zero-order valence-corrected chi connectivity index (χ0v) is 25.8. The van der Waals surface area contributed by atoms with Gasteiger partial charge >= 0.3 is 12.1 Å². The van der Waals surface area contributed by atoms with E-state index in [9.17, 15) is 27.9 Å². The van der Waals surface area contributed by atoms with E-state index >= 15 is 0 Å². The van der Waals surface area contributed by atoms with E-state index in [4.69, 9.17) is 9.47 Å². The number of ether oxygens (including phenoxy) is 2. The maximum Gasteiger partial charge on any atom is 0.416 e. The third-order valence-electron chi connectivity index (χ3n) is 10.1. The van der Waals surface area contributed by atoms with Gasteiger partial charge in [0.05, 0.1) is 23.1 Å². The number of carbonyl (C=O) groups is 2. The van der Waals surface area contributed by atoms with Crippen LogP contribution in [0.3, 0.4) is 0 Å². The molecule has 6 rings (SSSR count). The molecule has 1 amide bonds. The standard InChI is InChI=1S/C35H39F3N2O5/c1-5-16-39-17-15-33-30-24-10-11-27(42)31(30)44-32(33)26(13-14-34(33,28(39)19-24)45-22(4)41)40(20-21(2)3)29(43)12-9-23-7-6-8-25(18-23)35(36,37)38/h5-12,18,21,26,28,32,42H,1,13-17,19-20H2,2-4H3/t26-,28-,32+,33+,34-/m1/s1. The number of esters is 1. The second kappa shape index (κ2) is 11.2. The molecule has 2 aromatic rings. The van der Waals surface area contributed by atoms with Gasteiger partial charge in [0.2, 0.25) is 5.91 Å². The summed E-state index contributed by atoms with van der Waals surface area (Å²) in [7, 11) is 0. The number of phenols is 1. The van der Waals surface area contributed by atoms with Crippen LogP contribution in [-0.4, -0.2) is 70.2 Å². The quantitative estimate of drug-likeness (QED) is 0.224. The summed E-state index contributed by atoms with van der Waals surface area (Å²) in [6.45, 7) is 11.1. The predicted octanol–water partition coefficient (Wildman–Crippen LogP) is 5.89. The van der Waals surface area contributed by atoms with Gasteiger partial charge < -0.3 is 19.5 Å². The van der Waals surface area contributed by atoms with Crippen molar-refractivity contribution in [2.45, 2.75) is 81.8 Å². The average Bonchev–Trinajstić information content (AvgIpc) is 3.33. The number of aromatic hydroxyl groups is 1. The number of carbonyl (C=O) groups excluding carboxylic acids is 2. The van der Waals surface area contributed by atoms with Crippen molar-refractivity contribution in [3.8, 4) is 11.5 Å². The Hall–Kier alpha value is -3.79. The number of halogens is 3. The molecule has 2 aliphatic heterocycles. The first-order valence-electron chi connectivity index (χ1n) is 15.5. The number of rotatable bonds is 8. The van der Waals surface area contributed by atoms with Crippen LogP contribution in [0.1, 0.15) is 62.3 Å². The Morgan fingerprint density at radius 3 is 2.71 bits per heavy atom. The topological polar surface area (TPSA) is 79.3 Å². The maximum absolute atomic E-state index is 14.0. The Kier molecular flexibility index (Phi) is 7.78. The maximum atomic E-state index is 14.0. The van der Waals surface area contributed by atoms with Crippen molar-refractivity contribution in [1.82, 2.24) is 9.80 Å². The zero-order chi connectivity index (χ0) is 32.3. The average molecular weight is 625 g/mol. The first kappa shape index (κ1) is 31.2. The predicted molar refractivity (Wildman–Crippen MR) is 163 cm³/mol. The lowest BCUT2D eigenvalue weighted by molar-refractivity contribution is -0.223. The first-order valence-corrected chi connectivity index (χ1v) is 15.5. The van der Waals surface area contributed by atoms with E-state index in [0.717, 1.165) is 23.3 Å². The molecular weight excluding hydrogens is 585 g/mol. The summed E-state index contributed by atoms with van der Waals surface area (Å²) in [6.07, 6.45) is 1.61. The Morgan fingerprint density at radius 2 is 2.02 bits per heavy atom. The zero-order valence-electron chi connectivity index (χ0n) is 25.8. The molecule has 0 radical (unpaired) electrons. The van der Waals surface area contributed by atoms with Crippen molar-refractivity contribution in [1.29, 1.82) is 0 Å². The van der Waals surface area contributed by atoms with Crippen LogP contribution in [0.15, 0.2) is 55.1 Å². The second-order valence-corrected chi connectivity index (χ2v) is 13.1. The van der Waals surface area contributed by atoms with Crippen molar-refractivity contribution in [3.63, 3.8) is 0 Å². The molecule has 2 fully saturated rings. The summed E-state index contributed by atoms with van der Waals surface area (Å²) in [5.41, 5.74) is -0.392. The number of benzene rings is 2. The molecule has 10 heteroatoms. The van der Waals surface area contributed by atoms with Crippen LogP contribution in [0.2, 0.25) is 0 Å². The number of hydrogen-bond donors (Lipinski definition) is 1. The second-order valence-electron chi connectivity index (χ2n) is 13.1. The van der Waals surface area contributed by atoms with E-state index in [1.807, 2.05) is 26.0 Å². The number of amides is 1. The van der Waals surface area contributed by atoms with Crippen LogP contribution < -0.4 is 4.74 Å². The van der Waals surface area contributed by atoms with Crippen LogP contribution in [0.5, 0.6) is 11.5 Å². The third kappa shape index (κ3) is 4.92. The van der Waals surface area contributed by atoms with E-state index in [2.05, 4.69) is 11.5 Å². The van der Waals surface area contributed by atoms with Gasteiger partial charge in [0, 0.05) is 38.2 Å². The monoisotopic (exact) mass is 624 g/mol. The van der Waals surface area contributed by atoms with Crippen LogP contribution in [0.4, 0.5) is 13.2 Å². The molecule has 5 atom stereocenters. The largest absolute Gasteiger partial charge is 0.504 e. The molecule has 2 aliphatic carbocycles. The lowest BCUT2D eigenvalue weighted by Gasteiger charge is -2.65. The van der Waals surface area contributed by atoms with Gasteiger partial charge in [0.25, 0.3) is 0 Å². The lowest BCUT2D eigenvalue weighted by atomic mass is 9.48. The minimum Gasteiger partial charge on any atom is -0.504 e. The summed E-state index contributed by atoms with van der Waals surface area (Å²) >= 11 is 0. The normalized spacial score (nSPS) is 28.5. The van der Waals surface area contributed by atoms with E-state index in [0.29, 0.717) is 51.1 Å². The number of hydrogen-bond acceptors (Lipinski definition) is 6. The van der Waals surface area contributed by atoms with E-state index in [1.165, 1.54) is 31.2 Å². The Bertz CT molecular complexity index is 1550. The fourth-order valence-electron chi connectivity index (χ4n) is 8.61. The number of phenolic OH excluding ortho intramolecular Hbond substituents is 1. The van der Waals surface area contributed by atoms with E-state index in [-0.39, 0.29) is 29.2 Å². The van der Waals surface area contributed by atoms with Gasteiger partial charge in [-0.25, -0.2) is 0 Å². The Labute approximate surface area is 261 Å². The van der Waals surface area contributed by atoms with Gasteiger partial charge in [-0.15, -0.1) is 6.58 Å². The smallest absolute Gasteiger partial charge is 0.416 e. The molecule has 1 saturated carbocycles. The molecule has 1 saturated heterocycles. The van der Waals surface area contributed by atoms with Crippen molar-refractivity contribution < 1.29 is 37.3 Å². The fraction of sp³-hybridized carbons (Fsp3) is 0.486. The van der Waals surface area contributed by atoms with Crippen molar-refractivity contribution in [2.75, 3.05) is 19.6 Å². The van der Waals surface area contributed by atoms with Gasteiger partial charge in [-0.2, -0.15) is 13.2 Å². The summed E-state index contributed by atoms with van der Waals surface area (Å²) in [6, 6.07) is 7.82. The molecule has 4 aliphatic rings. The third-order valence-corrected chi connectivity index (χ3v) is 10.1. The van der Waals surface area contributed by atoms with Gasteiger partial charge in [-0.3, -0.25) is 14.5 Å². The minimum atomic E-state index is -4.49. The van der Waals surface area contributed by atoms with Crippen molar-refractivity contribution in [2.24, 2.45) is 5.92 Å². The SMILES string of the molecule is C=CCN1CC[C@]23c4c5ccc(O)c4O[C@H]2[C@H](N(CC(C)C)C(=O)C=Cc2cccc(C(F)(F)F)c2)CC[C@@]3(OC(C)=O)[C@H]1C5. The fourth-order valence-corrected chi connectivity index (χ4v) is 8.61. The van der Waals surface area contributed by atoms with Crippen LogP contribution in [0, 0.1) is 5.92 Å². The van der Waals surface area contributed by atoms with Gasteiger partial charge in [0.15, 0.2) is 11.5 Å². The highest BCUT2D eigenvalue weighted by Gasteiger charge is 2.75. The molecule has 2 heterocycles. The molecule has 1 spiro atoms. The highest BCUT2D eigenvalue weighted by Crippen LogP contribution is 2.67. The summed E-state index contributed by atoms with van der Waals surface area (Å²) < 4.78 is 53.1. The molecule has 0 aromatic heterocycles. The van der Waals surface area contributed by atoms with Gasteiger partial charge in [-0.1, -0.05) is 38.1 Å². The summed E-state index contributed by atoms with van der Waals surface area (Å²) in [5, 5.41) is 11.1. The van der Waals surface area contributed by atoms with Crippen LogP contribution in [-0.2, 0) is 32.3 Å². The molecule has 0 unspecified atom stereocenters. The van der Waals surface area contributed by atoms with Gasteiger partial charge in [-0.05, 0) is 67.0 Å². The number of likely N-dealkylation sites (tertiary alicyclic amines) is 1.